The van der Waals surface area contributed by atoms with Crippen molar-refractivity contribution in [1.82, 2.24) is 0 Å². The summed E-state index contributed by atoms with van der Waals surface area (Å²) in [5.74, 6) is -0.0951. The fourth-order valence-corrected chi connectivity index (χ4v) is 1.35. The molecule has 1 aromatic carbocycles. The van der Waals surface area contributed by atoms with Crippen LogP contribution in [0, 0.1) is 10.1 Å². The average Bonchev–Trinajstić information content (AvgIpc) is 2.16. The third-order valence-corrected chi connectivity index (χ3v) is 2.70. The summed E-state index contributed by atoms with van der Waals surface area (Å²) in [5, 5.41) is 11.2. The summed E-state index contributed by atoms with van der Waals surface area (Å²) in [6, 6.07) is 6.58. The highest BCUT2D eigenvalue weighted by Gasteiger charge is 2.23. The molecule has 0 unspecified atom stereocenters. The minimum atomic E-state index is -0.573. The lowest BCUT2D eigenvalue weighted by atomic mass is 9.95. The highest BCUT2D eigenvalue weighted by Crippen LogP contribution is 2.22. The minimum Gasteiger partial charge on any atom is -0.264 e. The number of rotatable bonds is 3. The highest BCUT2D eigenvalue weighted by molar-refractivity contribution is 6.30. The van der Waals surface area contributed by atoms with Crippen molar-refractivity contribution < 1.29 is 4.92 Å². The largest absolute Gasteiger partial charge is 0.264 e. The van der Waals surface area contributed by atoms with Crippen LogP contribution in [0.15, 0.2) is 24.3 Å². The van der Waals surface area contributed by atoms with Crippen LogP contribution in [-0.2, 0) is 0 Å². The van der Waals surface area contributed by atoms with Crippen molar-refractivity contribution >= 4 is 11.6 Å². The van der Waals surface area contributed by atoms with Gasteiger partial charge in [-0.25, -0.2) is 0 Å². The first kappa shape index (κ1) is 11.0. The first-order valence-electron chi connectivity index (χ1n) is 4.41. The molecule has 0 saturated carbocycles. The van der Waals surface area contributed by atoms with Crippen LogP contribution in [0.3, 0.4) is 0 Å². The van der Waals surface area contributed by atoms with Crippen molar-refractivity contribution in [1.29, 1.82) is 0 Å². The SMILES string of the molecule is C[C@H](c1ccc(Cl)cc1)[C@H](C)[N+](=O)[O-]. The summed E-state index contributed by atoms with van der Waals surface area (Å²) >= 11 is 5.72. The summed E-state index contributed by atoms with van der Waals surface area (Å²) in [4.78, 5) is 10.3. The van der Waals surface area contributed by atoms with Crippen LogP contribution in [0.25, 0.3) is 0 Å². The van der Waals surface area contributed by atoms with Gasteiger partial charge in [0.1, 0.15) is 0 Å². The van der Waals surface area contributed by atoms with Gasteiger partial charge in [0.25, 0.3) is 0 Å². The first-order valence-corrected chi connectivity index (χ1v) is 4.79. The maximum absolute atomic E-state index is 10.6. The maximum atomic E-state index is 10.6. The van der Waals surface area contributed by atoms with Gasteiger partial charge in [-0.2, -0.15) is 0 Å². The zero-order valence-electron chi connectivity index (χ0n) is 8.11. The molecule has 76 valence electrons. The van der Waals surface area contributed by atoms with E-state index in [9.17, 15) is 10.1 Å². The van der Waals surface area contributed by atoms with Crippen molar-refractivity contribution in [3.8, 4) is 0 Å². The predicted octanol–water partition coefficient (Wildman–Crippen LogP) is 3.11. The highest BCUT2D eigenvalue weighted by atomic mass is 35.5. The Morgan fingerprint density at radius 1 is 1.29 bits per heavy atom. The summed E-state index contributed by atoms with van der Waals surface area (Å²) in [5.41, 5.74) is 0.943. The summed E-state index contributed by atoms with van der Waals surface area (Å²) in [7, 11) is 0. The molecule has 0 aliphatic rings. The average molecular weight is 214 g/mol. The van der Waals surface area contributed by atoms with E-state index in [0.717, 1.165) is 5.56 Å². The minimum absolute atomic E-state index is 0.0951. The van der Waals surface area contributed by atoms with Crippen LogP contribution in [0.5, 0.6) is 0 Å². The Kier molecular flexibility index (Phi) is 3.47. The summed E-state index contributed by atoms with van der Waals surface area (Å²) < 4.78 is 0. The Bertz CT molecular complexity index is 323. The Labute approximate surface area is 87.8 Å². The molecule has 0 heterocycles. The molecule has 0 amide bonds. The number of halogens is 1. The fraction of sp³-hybridized carbons (Fsp3) is 0.400. The van der Waals surface area contributed by atoms with E-state index in [2.05, 4.69) is 0 Å². The molecule has 0 N–H and O–H groups in total. The summed E-state index contributed by atoms with van der Waals surface area (Å²) in [6.45, 7) is 3.45. The van der Waals surface area contributed by atoms with Crippen LogP contribution in [-0.4, -0.2) is 11.0 Å². The molecule has 1 rings (SSSR count). The molecule has 14 heavy (non-hydrogen) atoms. The van der Waals surface area contributed by atoms with Crippen molar-refractivity contribution in [2.45, 2.75) is 25.8 Å². The van der Waals surface area contributed by atoms with Gasteiger partial charge in [-0.15, -0.1) is 0 Å². The first-order chi connectivity index (χ1) is 6.52. The Morgan fingerprint density at radius 3 is 2.21 bits per heavy atom. The van der Waals surface area contributed by atoms with Crippen molar-refractivity contribution in [3.63, 3.8) is 0 Å². The molecule has 0 bridgehead atoms. The number of benzene rings is 1. The van der Waals surface area contributed by atoms with Gasteiger partial charge in [0.2, 0.25) is 6.04 Å². The zero-order chi connectivity index (χ0) is 10.7. The van der Waals surface area contributed by atoms with Gasteiger partial charge >= 0.3 is 0 Å². The van der Waals surface area contributed by atoms with E-state index in [0.29, 0.717) is 5.02 Å². The van der Waals surface area contributed by atoms with E-state index in [4.69, 9.17) is 11.6 Å². The topological polar surface area (TPSA) is 43.1 Å². The van der Waals surface area contributed by atoms with Crippen LogP contribution < -0.4 is 0 Å². The molecule has 0 fully saturated rings. The number of hydrogen-bond donors (Lipinski definition) is 0. The van der Waals surface area contributed by atoms with E-state index in [1.54, 1.807) is 19.1 Å². The number of nitrogens with zero attached hydrogens (tertiary/aromatic N) is 1. The van der Waals surface area contributed by atoms with Crippen molar-refractivity contribution in [3.05, 3.63) is 45.0 Å². The molecule has 1 aromatic rings. The molecular formula is C10H12ClNO2. The maximum Gasteiger partial charge on any atom is 0.216 e. The molecule has 0 spiro atoms. The van der Waals surface area contributed by atoms with Crippen LogP contribution in [0.2, 0.25) is 5.02 Å². The molecular weight excluding hydrogens is 202 g/mol. The molecule has 0 radical (unpaired) electrons. The lowest BCUT2D eigenvalue weighted by Gasteiger charge is -2.13. The lowest BCUT2D eigenvalue weighted by Crippen LogP contribution is -2.21. The van der Waals surface area contributed by atoms with Gasteiger partial charge in [0.05, 0.1) is 0 Å². The Morgan fingerprint density at radius 2 is 1.79 bits per heavy atom. The lowest BCUT2D eigenvalue weighted by molar-refractivity contribution is -0.521. The van der Waals surface area contributed by atoms with E-state index in [1.807, 2.05) is 19.1 Å². The van der Waals surface area contributed by atoms with Gasteiger partial charge in [-0.05, 0) is 17.7 Å². The second-order valence-corrected chi connectivity index (χ2v) is 3.80. The van der Waals surface area contributed by atoms with Crippen LogP contribution in [0.1, 0.15) is 25.3 Å². The van der Waals surface area contributed by atoms with Crippen LogP contribution in [0.4, 0.5) is 0 Å². The molecule has 0 saturated heterocycles. The molecule has 0 aliphatic carbocycles. The Hall–Kier alpha value is -1.09. The molecule has 4 heteroatoms. The quantitative estimate of drug-likeness (QED) is 0.572. The number of hydrogen-bond acceptors (Lipinski definition) is 2. The zero-order valence-corrected chi connectivity index (χ0v) is 8.86. The van der Waals surface area contributed by atoms with Crippen LogP contribution >= 0.6 is 11.6 Å². The third-order valence-electron chi connectivity index (χ3n) is 2.45. The normalized spacial score (nSPS) is 14.8. The van der Waals surface area contributed by atoms with Crippen molar-refractivity contribution in [2.75, 3.05) is 0 Å². The third kappa shape index (κ3) is 2.45. The predicted molar refractivity (Wildman–Crippen MR) is 56.3 cm³/mol. The second kappa shape index (κ2) is 4.42. The molecule has 2 atom stereocenters. The smallest absolute Gasteiger partial charge is 0.216 e. The van der Waals surface area contributed by atoms with Gasteiger partial charge in [-0.1, -0.05) is 30.7 Å². The van der Waals surface area contributed by atoms with Gasteiger partial charge in [0, 0.05) is 22.8 Å². The van der Waals surface area contributed by atoms with Gasteiger partial charge in [-0.3, -0.25) is 10.1 Å². The molecule has 0 aliphatic heterocycles. The van der Waals surface area contributed by atoms with E-state index in [-0.39, 0.29) is 10.8 Å². The van der Waals surface area contributed by atoms with E-state index < -0.39 is 6.04 Å². The molecule has 3 nitrogen and oxygen atoms in total. The Balaban J connectivity index is 2.84. The second-order valence-electron chi connectivity index (χ2n) is 3.37. The standard InChI is InChI=1S/C10H12ClNO2/c1-7(8(2)12(13)14)9-3-5-10(11)6-4-9/h3-8H,1-2H3/t7-,8-/m0/s1. The molecule has 0 aromatic heterocycles. The van der Waals surface area contributed by atoms with Crippen molar-refractivity contribution in [2.24, 2.45) is 0 Å². The fourth-order valence-electron chi connectivity index (χ4n) is 1.23. The van der Waals surface area contributed by atoms with E-state index >= 15 is 0 Å². The monoisotopic (exact) mass is 213 g/mol. The van der Waals surface area contributed by atoms with E-state index in [1.165, 1.54) is 0 Å². The van der Waals surface area contributed by atoms with Gasteiger partial charge in [0.15, 0.2) is 0 Å². The van der Waals surface area contributed by atoms with Gasteiger partial charge < -0.3 is 0 Å². The summed E-state index contributed by atoms with van der Waals surface area (Å²) in [6.07, 6.45) is 0. The number of nitro groups is 1.